The van der Waals surface area contributed by atoms with E-state index in [1.807, 2.05) is 28.8 Å². The Kier molecular flexibility index (Phi) is 9.05. The number of aryl methyl sites for hydroxylation is 3. The number of hydrogen-bond donors (Lipinski definition) is 1. The van der Waals surface area contributed by atoms with E-state index in [-0.39, 0.29) is 0 Å². The molecule has 1 N–H and O–H groups in total. The Morgan fingerprint density at radius 1 is 0.913 bits per heavy atom. The third-order valence-electron chi connectivity index (χ3n) is 9.36. The van der Waals surface area contributed by atoms with Crippen LogP contribution >= 0.6 is 0 Å². The van der Waals surface area contributed by atoms with Crippen molar-refractivity contribution in [2.75, 3.05) is 46.1 Å². The monoisotopic (exact) mass is 622 g/mol. The zero-order chi connectivity index (χ0) is 31.5. The van der Waals surface area contributed by atoms with Gasteiger partial charge >= 0.3 is 5.97 Å². The van der Waals surface area contributed by atoms with Crippen LogP contribution in [0.25, 0.3) is 32.8 Å². The molecule has 0 saturated carbocycles. The number of aromatic carboxylic acids is 1. The number of carboxylic acids is 1. The van der Waals surface area contributed by atoms with Crippen LogP contribution in [0.1, 0.15) is 46.7 Å². The van der Waals surface area contributed by atoms with Gasteiger partial charge in [-0.15, -0.1) is 0 Å². The summed E-state index contributed by atoms with van der Waals surface area (Å²) in [5.74, 6) is -0.0389. The molecule has 0 aliphatic carbocycles. The van der Waals surface area contributed by atoms with Crippen LogP contribution in [-0.2, 0) is 35.6 Å². The van der Waals surface area contributed by atoms with Crippen LogP contribution in [0.5, 0.6) is 5.75 Å². The Hall–Kier alpha value is -4.18. The van der Waals surface area contributed by atoms with Crippen LogP contribution in [0.4, 0.5) is 0 Å². The zero-order valence-corrected chi connectivity index (χ0v) is 26.5. The lowest BCUT2D eigenvalue weighted by molar-refractivity contribution is 0.0354. The van der Waals surface area contributed by atoms with Gasteiger partial charge in [0.15, 0.2) is 0 Å². The zero-order valence-electron chi connectivity index (χ0n) is 26.5. The highest BCUT2D eigenvalue weighted by atomic mass is 16.5. The Balaban J connectivity index is 1.24. The van der Waals surface area contributed by atoms with Gasteiger partial charge in [-0.25, -0.2) is 4.79 Å². The fraction of sp³-hybridized carbons (Fsp3) is 0.405. The molecule has 1 saturated heterocycles. The molecule has 9 heteroatoms. The SMILES string of the molecule is Cc1nn(CCN2CCOCC2)c2c1-c1cccc3c(CCCOc4cccc5ccccc45)c(C(=O)O)n(c13)CCCCOC2. The van der Waals surface area contributed by atoms with Gasteiger partial charge in [0.25, 0.3) is 0 Å². The van der Waals surface area contributed by atoms with E-state index in [9.17, 15) is 9.90 Å². The molecule has 46 heavy (non-hydrogen) atoms. The molecule has 0 spiro atoms. The minimum Gasteiger partial charge on any atom is -0.493 e. The van der Waals surface area contributed by atoms with Gasteiger partial charge in [-0.1, -0.05) is 54.6 Å². The average molecular weight is 623 g/mol. The predicted molar refractivity (Wildman–Crippen MR) is 179 cm³/mol. The van der Waals surface area contributed by atoms with E-state index in [4.69, 9.17) is 19.3 Å². The molecule has 0 amide bonds. The number of benzene rings is 3. The van der Waals surface area contributed by atoms with E-state index in [0.29, 0.717) is 44.9 Å². The van der Waals surface area contributed by atoms with Crippen LogP contribution in [0, 0.1) is 6.92 Å². The molecule has 2 aliphatic rings. The Morgan fingerprint density at radius 2 is 1.72 bits per heavy atom. The van der Waals surface area contributed by atoms with E-state index in [1.54, 1.807) is 0 Å². The first-order chi connectivity index (χ1) is 22.6. The van der Waals surface area contributed by atoms with Crippen molar-refractivity contribution in [3.8, 4) is 16.9 Å². The average Bonchev–Trinajstić information content (AvgIpc) is 3.56. The van der Waals surface area contributed by atoms with Gasteiger partial charge < -0.3 is 23.9 Å². The third kappa shape index (κ3) is 6.02. The summed E-state index contributed by atoms with van der Waals surface area (Å²) >= 11 is 0. The number of carboxylic acid groups (broad SMARTS) is 1. The quantitative estimate of drug-likeness (QED) is 0.193. The summed E-state index contributed by atoms with van der Waals surface area (Å²) in [4.78, 5) is 15.4. The van der Waals surface area contributed by atoms with Gasteiger partial charge in [0.1, 0.15) is 11.4 Å². The largest absolute Gasteiger partial charge is 0.493 e. The molecule has 3 aromatic carbocycles. The highest BCUT2D eigenvalue weighted by molar-refractivity contribution is 6.04. The van der Waals surface area contributed by atoms with E-state index in [2.05, 4.69) is 52.9 Å². The summed E-state index contributed by atoms with van der Waals surface area (Å²) in [6.07, 6.45) is 2.99. The molecular weight excluding hydrogens is 580 g/mol. The van der Waals surface area contributed by atoms with Crippen LogP contribution in [-0.4, -0.2) is 76.4 Å². The topological polar surface area (TPSA) is 91.0 Å². The molecule has 2 aliphatic heterocycles. The number of hydrogen-bond acceptors (Lipinski definition) is 6. The number of carbonyl (C=O) groups is 1. The van der Waals surface area contributed by atoms with Crippen molar-refractivity contribution in [2.45, 2.75) is 52.3 Å². The van der Waals surface area contributed by atoms with Gasteiger partial charge in [0.2, 0.25) is 0 Å². The fourth-order valence-corrected chi connectivity index (χ4v) is 7.17. The van der Waals surface area contributed by atoms with Crippen molar-refractivity contribution in [1.82, 2.24) is 19.2 Å². The number of ether oxygens (including phenoxy) is 3. The number of morpholine rings is 1. The normalized spacial score (nSPS) is 15.9. The van der Waals surface area contributed by atoms with Crippen molar-refractivity contribution < 1.29 is 24.1 Å². The first-order valence-electron chi connectivity index (χ1n) is 16.5. The second-order valence-corrected chi connectivity index (χ2v) is 12.3. The number of nitrogens with zero attached hydrogens (tertiary/aromatic N) is 4. The highest BCUT2D eigenvalue weighted by Crippen LogP contribution is 2.39. The highest BCUT2D eigenvalue weighted by Gasteiger charge is 2.27. The standard InChI is InChI=1S/C37H42N4O5/c1-26-34-31-13-7-12-29-30(14-8-22-46-33-15-6-10-27-9-2-3-11-28(27)33)36(37(42)43)40(35(29)31)16-4-5-21-45-25-32(34)41(38-26)18-17-39-19-23-44-24-20-39/h2-3,6-7,9-13,15H,4-5,8,14,16-25H2,1H3,(H,42,43). The minimum absolute atomic E-state index is 0.381. The lowest BCUT2D eigenvalue weighted by Crippen LogP contribution is -2.38. The molecule has 9 nitrogen and oxygen atoms in total. The second kappa shape index (κ2) is 13.7. The number of para-hydroxylation sites is 1. The lowest BCUT2D eigenvalue weighted by atomic mass is 9.98. The summed E-state index contributed by atoms with van der Waals surface area (Å²) in [5, 5.41) is 18.9. The molecule has 5 aromatic rings. The number of aromatic nitrogens is 3. The molecule has 240 valence electrons. The summed E-state index contributed by atoms with van der Waals surface area (Å²) in [6.45, 7) is 9.31. The van der Waals surface area contributed by atoms with E-state index in [0.717, 1.165) is 108 Å². The smallest absolute Gasteiger partial charge is 0.352 e. The molecule has 4 heterocycles. The molecule has 7 rings (SSSR count). The molecular formula is C37H42N4O5. The Morgan fingerprint density at radius 3 is 2.59 bits per heavy atom. The van der Waals surface area contributed by atoms with Crippen molar-refractivity contribution in [3.05, 3.63) is 83.3 Å². The Bertz CT molecular complexity index is 1850. The van der Waals surface area contributed by atoms with Crippen molar-refractivity contribution in [1.29, 1.82) is 0 Å². The maximum absolute atomic E-state index is 13.0. The summed E-state index contributed by atoms with van der Waals surface area (Å²) < 4.78 is 22.2. The van der Waals surface area contributed by atoms with Crippen LogP contribution < -0.4 is 4.74 Å². The summed E-state index contributed by atoms with van der Waals surface area (Å²) in [7, 11) is 0. The van der Waals surface area contributed by atoms with Gasteiger partial charge in [-0.3, -0.25) is 9.58 Å². The summed E-state index contributed by atoms with van der Waals surface area (Å²) in [5.41, 5.74) is 6.29. The maximum atomic E-state index is 13.0. The van der Waals surface area contributed by atoms with Gasteiger partial charge in [-0.05, 0) is 49.6 Å². The predicted octanol–water partition coefficient (Wildman–Crippen LogP) is 6.32. The number of rotatable bonds is 9. The van der Waals surface area contributed by atoms with Crippen molar-refractivity contribution in [2.24, 2.45) is 0 Å². The lowest BCUT2D eigenvalue weighted by Gasteiger charge is -2.26. The fourth-order valence-electron chi connectivity index (χ4n) is 7.17. The molecule has 0 atom stereocenters. The van der Waals surface area contributed by atoms with Gasteiger partial charge in [0, 0.05) is 54.7 Å². The molecule has 0 bridgehead atoms. The third-order valence-corrected chi connectivity index (χ3v) is 9.36. The molecule has 0 unspecified atom stereocenters. The van der Waals surface area contributed by atoms with Crippen molar-refractivity contribution >= 4 is 27.6 Å². The molecule has 2 aromatic heterocycles. The van der Waals surface area contributed by atoms with E-state index in [1.165, 1.54) is 0 Å². The first-order valence-corrected chi connectivity index (χ1v) is 16.5. The van der Waals surface area contributed by atoms with E-state index >= 15 is 0 Å². The van der Waals surface area contributed by atoms with Crippen LogP contribution in [0.3, 0.4) is 0 Å². The Labute approximate surface area is 269 Å². The van der Waals surface area contributed by atoms with E-state index < -0.39 is 5.97 Å². The first kappa shape index (κ1) is 30.5. The van der Waals surface area contributed by atoms with Gasteiger partial charge in [-0.2, -0.15) is 5.10 Å². The van der Waals surface area contributed by atoms with Crippen LogP contribution in [0.2, 0.25) is 0 Å². The molecule has 1 fully saturated rings. The number of fused-ring (bicyclic) bond motifs is 3. The van der Waals surface area contributed by atoms with Crippen molar-refractivity contribution in [3.63, 3.8) is 0 Å². The minimum atomic E-state index is -0.892. The van der Waals surface area contributed by atoms with Crippen LogP contribution in [0.15, 0.2) is 60.7 Å². The van der Waals surface area contributed by atoms with Gasteiger partial charge in [0.05, 0.1) is 49.9 Å². The second-order valence-electron chi connectivity index (χ2n) is 12.3. The maximum Gasteiger partial charge on any atom is 0.352 e. The molecule has 0 radical (unpaired) electrons. The summed E-state index contributed by atoms with van der Waals surface area (Å²) in [6, 6.07) is 20.6.